The van der Waals surface area contributed by atoms with Gasteiger partial charge in [0, 0.05) is 17.3 Å². The lowest BCUT2D eigenvalue weighted by Gasteiger charge is -2.18. The van der Waals surface area contributed by atoms with Crippen LogP contribution in [0.3, 0.4) is 0 Å². The molecule has 1 amide bonds. The number of carbonyl (C=O) groups excluding carboxylic acids is 1. The topological polar surface area (TPSA) is 84.5 Å². The first-order chi connectivity index (χ1) is 13.5. The average molecular weight is 403 g/mol. The molecule has 0 radical (unpaired) electrons. The predicted octanol–water partition coefficient (Wildman–Crippen LogP) is 3.95. The van der Waals surface area contributed by atoms with Crippen LogP contribution in [0.4, 0.5) is 5.69 Å². The van der Waals surface area contributed by atoms with E-state index in [1.807, 2.05) is 18.2 Å². The summed E-state index contributed by atoms with van der Waals surface area (Å²) < 4.78 is 34.1. The van der Waals surface area contributed by atoms with Crippen molar-refractivity contribution in [3.05, 3.63) is 54.1 Å². The van der Waals surface area contributed by atoms with Gasteiger partial charge in [0.1, 0.15) is 10.6 Å². The molecular weight excluding hydrogens is 376 g/mol. The van der Waals surface area contributed by atoms with Crippen LogP contribution in [0.25, 0.3) is 0 Å². The largest absolute Gasteiger partial charge is 0.495 e. The third-order valence-corrected chi connectivity index (χ3v) is 6.47. The summed E-state index contributed by atoms with van der Waals surface area (Å²) in [5.74, 6) is -0.155. The van der Waals surface area contributed by atoms with Crippen molar-refractivity contribution in [2.75, 3.05) is 12.4 Å². The molecule has 0 aromatic heterocycles. The van der Waals surface area contributed by atoms with Gasteiger partial charge in [-0.15, -0.1) is 0 Å². The zero-order valence-electron chi connectivity index (χ0n) is 16.0. The number of hydrogen-bond donors (Lipinski definition) is 2. The fraction of sp³-hybridized carbons (Fsp3) is 0.381. The summed E-state index contributed by atoms with van der Waals surface area (Å²) in [6, 6.07) is 13.4. The summed E-state index contributed by atoms with van der Waals surface area (Å²) in [7, 11) is -2.38. The molecule has 0 aliphatic heterocycles. The molecule has 0 unspecified atom stereocenters. The van der Waals surface area contributed by atoms with Crippen LogP contribution < -0.4 is 14.8 Å². The first kappa shape index (κ1) is 20.4. The van der Waals surface area contributed by atoms with Gasteiger partial charge in [-0.25, -0.2) is 13.1 Å². The van der Waals surface area contributed by atoms with Gasteiger partial charge < -0.3 is 10.1 Å². The van der Waals surface area contributed by atoms with Crippen LogP contribution in [0.5, 0.6) is 5.75 Å². The Morgan fingerprint density at radius 3 is 2.32 bits per heavy atom. The van der Waals surface area contributed by atoms with Crippen LogP contribution >= 0.6 is 0 Å². The molecule has 0 spiro atoms. The normalized spacial score (nSPS) is 15.6. The van der Waals surface area contributed by atoms with Gasteiger partial charge in [-0.1, -0.05) is 43.9 Å². The van der Waals surface area contributed by atoms with Gasteiger partial charge in [-0.2, -0.15) is 0 Å². The molecule has 1 fully saturated rings. The van der Waals surface area contributed by atoms with E-state index in [0.717, 1.165) is 38.5 Å². The van der Waals surface area contributed by atoms with Crippen molar-refractivity contribution in [1.82, 2.24) is 4.72 Å². The summed E-state index contributed by atoms with van der Waals surface area (Å²) in [6.07, 6.45) is 5.96. The van der Waals surface area contributed by atoms with Crippen molar-refractivity contribution in [2.24, 2.45) is 0 Å². The molecule has 0 bridgehead atoms. The van der Waals surface area contributed by atoms with Crippen molar-refractivity contribution in [1.29, 1.82) is 0 Å². The fourth-order valence-electron chi connectivity index (χ4n) is 3.43. The highest BCUT2D eigenvalue weighted by Gasteiger charge is 2.25. The number of anilines is 1. The van der Waals surface area contributed by atoms with Gasteiger partial charge in [0.15, 0.2) is 0 Å². The second-order valence-electron chi connectivity index (χ2n) is 7.00. The van der Waals surface area contributed by atoms with Gasteiger partial charge >= 0.3 is 0 Å². The van der Waals surface area contributed by atoms with E-state index in [1.165, 1.54) is 19.2 Å². The third-order valence-electron chi connectivity index (χ3n) is 4.92. The Labute approximate surface area is 166 Å². The standard InChI is InChI=1S/C21H26N2O4S/c1-27-19-14-13-16(21(24)22-17-9-7-4-8-10-17)15-20(19)28(25,26)23-18-11-5-2-3-6-12-18/h4,7-10,13-15,18,23H,2-3,5-6,11-12H2,1H3,(H,22,24). The number of sulfonamides is 1. The molecule has 7 heteroatoms. The maximum absolute atomic E-state index is 13.0. The molecule has 3 rings (SSSR count). The SMILES string of the molecule is COc1ccc(C(=O)Nc2ccccc2)cc1S(=O)(=O)NC1CCCCCC1. The Morgan fingerprint density at radius 2 is 1.68 bits per heavy atom. The second kappa shape index (κ2) is 9.21. The Balaban J connectivity index is 1.84. The molecule has 1 saturated carbocycles. The number of methoxy groups -OCH3 is 1. The molecule has 28 heavy (non-hydrogen) atoms. The van der Waals surface area contributed by atoms with Crippen molar-refractivity contribution >= 4 is 21.6 Å². The average Bonchev–Trinajstić information content (AvgIpc) is 2.96. The molecule has 2 aromatic carbocycles. The molecule has 1 aliphatic carbocycles. The maximum atomic E-state index is 13.0. The van der Waals surface area contributed by atoms with E-state index in [4.69, 9.17) is 4.74 Å². The van der Waals surface area contributed by atoms with Crippen LogP contribution in [-0.4, -0.2) is 27.5 Å². The van der Waals surface area contributed by atoms with Crippen LogP contribution in [0.1, 0.15) is 48.9 Å². The molecule has 6 nitrogen and oxygen atoms in total. The fourth-order valence-corrected chi connectivity index (χ4v) is 4.93. The Kier molecular flexibility index (Phi) is 6.70. The Morgan fingerprint density at radius 1 is 1.00 bits per heavy atom. The maximum Gasteiger partial charge on any atom is 0.255 e. The minimum Gasteiger partial charge on any atom is -0.495 e. The van der Waals surface area contributed by atoms with Crippen LogP contribution in [-0.2, 0) is 10.0 Å². The minimum atomic E-state index is -3.80. The number of carbonyl (C=O) groups is 1. The van der Waals surface area contributed by atoms with E-state index < -0.39 is 10.0 Å². The van der Waals surface area contributed by atoms with Gasteiger partial charge in [0.25, 0.3) is 5.91 Å². The van der Waals surface area contributed by atoms with Gasteiger partial charge in [0.2, 0.25) is 10.0 Å². The summed E-state index contributed by atoms with van der Waals surface area (Å²) in [5.41, 5.74) is 0.898. The molecule has 0 heterocycles. The van der Waals surface area contributed by atoms with Crippen molar-refractivity contribution in [3.8, 4) is 5.75 Å². The zero-order chi connectivity index (χ0) is 20.0. The highest BCUT2D eigenvalue weighted by Crippen LogP contribution is 2.27. The quantitative estimate of drug-likeness (QED) is 0.717. The number of ether oxygens (including phenoxy) is 1. The number of rotatable bonds is 6. The summed E-state index contributed by atoms with van der Waals surface area (Å²) >= 11 is 0. The van der Waals surface area contributed by atoms with E-state index in [-0.39, 0.29) is 28.2 Å². The lowest BCUT2D eigenvalue weighted by molar-refractivity contribution is 0.102. The smallest absolute Gasteiger partial charge is 0.255 e. The lowest BCUT2D eigenvalue weighted by atomic mass is 10.1. The van der Waals surface area contributed by atoms with E-state index in [9.17, 15) is 13.2 Å². The lowest BCUT2D eigenvalue weighted by Crippen LogP contribution is -2.34. The first-order valence-corrected chi connectivity index (χ1v) is 11.0. The molecule has 2 N–H and O–H groups in total. The van der Waals surface area contributed by atoms with Gasteiger partial charge in [0.05, 0.1) is 7.11 Å². The third kappa shape index (κ3) is 5.11. The molecule has 1 aliphatic rings. The van der Waals surface area contributed by atoms with Crippen LogP contribution in [0.15, 0.2) is 53.4 Å². The monoisotopic (exact) mass is 402 g/mol. The summed E-state index contributed by atoms with van der Waals surface area (Å²) in [6.45, 7) is 0. The highest BCUT2D eigenvalue weighted by molar-refractivity contribution is 7.89. The first-order valence-electron chi connectivity index (χ1n) is 9.56. The highest BCUT2D eigenvalue weighted by atomic mass is 32.2. The molecule has 150 valence electrons. The van der Waals surface area contributed by atoms with E-state index in [0.29, 0.717) is 5.69 Å². The van der Waals surface area contributed by atoms with E-state index in [2.05, 4.69) is 10.0 Å². The van der Waals surface area contributed by atoms with Crippen molar-refractivity contribution in [2.45, 2.75) is 49.5 Å². The number of para-hydroxylation sites is 1. The molecule has 0 saturated heterocycles. The zero-order valence-corrected chi connectivity index (χ0v) is 16.8. The molecule has 2 aromatic rings. The van der Waals surface area contributed by atoms with Gasteiger partial charge in [-0.05, 0) is 43.2 Å². The minimum absolute atomic E-state index is 0.0139. The summed E-state index contributed by atoms with van der Waals surface area (Å²) in [4.78, 5) is 12.5. The molecule has 0 atom stereocenters. The number of amides is 1. The summed E-state index contributed by atoms with van der Waals surface area (Å²) in [5, 5.41) is 2.77. The number of benzene rings is 2. The van der Waals surface area contributed by atoms with Crippen molar-refractivity contribution in [3.63, 3.8) is 0 Å². The predicted molar refractivity (Wildman–Crippen MR) is 109 cm³/mol. The van der Waals surface area contributed by atoms with Crippen LogP contribution in [0, 0.1) is 0 Å². The molecular formula is C21H26N2O4S. The van der Waals surface area contributed by atoms with Crippen molar-refractivity contribution < 1.29 is 17.9 Å². The van der Waals surface area contributed by atoms with Crippen LogP contribution in [0.2, 0.25) is 0 Å². The van der Waals surface area contributed by atoms with Gasteiger partial charge in [-0.3, -0.25) is 4.79 Å². The number of hydrogen-bond acceptors (Lipinski definition) is 4. The number of nitrogens with one attached hydrogen (secondary N) is 2. The van der Waals surface area contributed by atoms with E-state index >= 15 is 0 Å². The Hall–Kier alpha value is -2.38. The second-order valence-corrected chi connectivity index (χ2v) is 8.68. The Bertz CT molecular complexity index is 905. The van der Waals surface area contributed by atoms with E-state index in [1.54, 1.807) is 18.2 Å².